The van der Waals surface area contributed by atoms with Crippen molar-refractivity contribution in [1.29, 1.82) is 0 Å². The normalized spacial score (nSPS) is 13.0. The number of rotatable bonds is 2. The third-order valence-corrected chi connectivity index (χ3v) is 16.6. The minimum atomic E-state index is 0.885. The highest BCUT2D eigenvalue weighted by atomic mass is 16.3. The van der Waals surface area contributed by atoms with Crippen molar-refractivity contribution in [2.75, 3.05) is 0 Å². The summed E-state index contributed by atoms with van der Waals surface area (Å²) in [6.07, 6.45) is 0. The molecule has 0 aliphatic carbocycles. The van der Waals surface area contributed by atoms with E-state index in [1.165, 1.54) is 120 Å². The van der Waals surface area contributed by atoms with Gasteiger partial charge in [-0.05, 0) is 84.9 Å². The van der Waals surface area contributed by atoms with Crippen molar-refractivity contribution >= 4 is 164 Å². The van der Waals surface area contributed by atoms with Gasteiger partial charge in [0.2, 0.25) is 0 Å². The van der Waals surface area contributed by atoms with Gasteiger partial charge in [0.1, 0.15) is 22.3 Å². The van der Waals surface area contributed by atoms with E-state index in [1.54, 1.807) is 0 Å². The SMILES string of the molecule is c1ccc2c(c1)oc1cc(-n3c4ccccc4c4c5c6cc7c8c9c%10ccccc%10n(-c%10ccc%11c(c%10)oc%10ccccc%10%11)c9cc9c%10ccccc%10n(c7cc6n6c7ccccc7c(cc43)c56)c98)ccc12. The summed E-state index contributed by atoms with van der Waals surface area (Å²) < 4.78 is 23.1. The Bertz CT molecular complexity index is 5310. The summed E-state index contributed by atoms with van der Waals surface area (Å²) in [5, 5.41) is 19.5. The topological polar surface area (TPSA) is 45.0 Å². The van der Waals surface area contributed by atoms with Gasteiger partial charge in [0, 0.05) is 110 Å². The Morgan fingerprint density at radius 2 is 0.611 bits per heavy atom. The van der Waals surface area contributed by atoms with E-state index in [1.807, 2.05) is 12.1 Å². The van der Waals surface area contributed by atoms with Crippen LogP contribution in [0.25, 0.3) is 175 Å². The predicted molar refractivity (Wildman–Crippen MR) is 299 cm³/mol. The van der Waals surface area contributed by atoms with Gasteiger partial charge in [-0.25, -0.2) is 0 Å². The van der Waals surface area contributed by atoms with Crippen LogP contribution in [0.5, 0.6) is 0 Å². The summed E-state index contributed by atoms with van der Waals surface area (Å²) in [7, 11) is 0. The number of hydrogen-bond donors (Lipinski definition) is 0. The summed E-state index contributed by atoms with van der Waals surface area (Å²) in [4.78, 5) is 0. The third kappa shape index (κ3) is 4.13. The van der Waals surface area contributed by atoms with E-state index in [0.29, 0.717) is 0 Å². The number of fused-ring (bicyclic) bond motifs is 26. The molecule has 0 amide bonds. The van der Waals surface area contributed by atoms with Crippen LogP contribution in [0.4, 0.5) is 0 Å². The third-order valence-electron chi connectivity index (χ3n) is 16.6. The van der Waals surface area contributed by atoms with Crippen LogP contribution >= 0.6 is 0 Å². The number of nitrogens with zero attached hydrogens (tertiary/aromatic N) is 4. The van der Waals surface area contributed by atoms with E-state index in [-0.39, 0.29) is 0 Å². The molecule has 19 aromatic rings. The van der Waals surface area contributed by atoms with Crippen LogP contribution in [0.3, 0.4) is 0 Å². The Balaban J connectivity index is 0.997. The van der Waals surface area contributed by atoms with Crippen LogP contribution in [0.1, 0.15) is 0 Å². The smallest absolute Gasteiger partial charge is 0.137 e. The predicted octanol–water partition coefficient (Wildman–Crippen LogP) is 18.0. The quantitative estimate of drug-likeness (QED) is 0.173. The van der Waals surface area contributed by atoms with Crippen LogP contribution in [0, 0.1) is 0 Å². The van der Waals surface area contributed by atoms with Crippen LogP contribution in [0.2, 0.25) is 0 Å². The second kappa shape index (κ2) is 12.3. The highest BCUT2D eigenvalue weighted by Crippen LogP contribution is 2.52. The second-order valence-corrected chi connectivity index (χ2v) is 19.9. The Morgan fingerprint density at radius 1 is 0.222 bits per heavy atom. The molecule has 330 valence electrons. The molecule has 0 fully saturated rings. The average Bonchev–Trinajstić information content (AvgIpc) is 4.32. The monoisotopic (exact) mass is 914 g/mol. The van der Waals surface area contributed by atoms with E-state index >= 15 is 0 Å². The van der Waals surface area contributed by atoms with E-state index in [4.69, 9.17) is 8.83 Å². The molecule has 0 unspecified atom stereocenters. The number of benzene rings is 11. The molecular weight excluding hydrogens is 881 g/mol. The van der Waals surface area contributed by atoms with Crippen molar-refractivity contribution in [2.45, 2.75) is 0 Å². The first-order chi connectivity index (χ1) is 35.7. The Labute approximate surface area is 406 Å². The maximum absolute atomic E-state index is 6.53. The lowest BCUT2D eigenvalue weighted by atomic mass is 9.99. The molecule has 0 aliphatic heterocycles. The zero-order valence-corrected chi connectivity index (χ0v) is 38.2. The fourth-order valence-corrected chi connectivity index (χ4v) is 13.8. The molecule has 0 atom stereocenters. The first-order valence-corrected chi connectivity index (χ1v) is 24.7. The van der Waals surface area contributed by atoms with E-state index < -0.39 is 0 Å². The molecule has 0 radical (unpaired) electrons. The number of para-hydroxylation sites is 6. The van der Waals surface area contributed by atoms with Crippen molar-refractivity contribution in [3.63, 3.8) is 0 Å². The van der Waals surface area contributed by atoms with E-state index in [0.717, 1.165) is 55.3 Å². The Kier molecular flexibility index (Phi) is 6.20. The highest BCUT2D eigenvalue weighted by Gasteiger charge is 2.29. The van der Waals surface area contributed by atoms with Crippen molar-refractivity contribution in [3.8, 4) is 11.4 Å². The van der Waals surface area contributed by atoms with Crippen LogP contribution in [-0.4, -0.2) is 17.9 Å². The van der Waals surface area contributed by atoms with Gasteiger partial charge in [0.05, 0.1) is 55.2 Å². The molecule has 11 aromatic carbocycles. The van der Waals surface area contributed by atoms with Gasteiger partial charge >= 0.3 is 0 Å². The van der Waals surface area contributed by atoms with Gasteiger partial charge in [0.15, 0.2) is 0 Å². The lowest BCUT2D eigenvalue weighted by Crippen LogP contribution is -1.93. The molecule has 0 spiro atoms. The van der Waals surface area contributed by atoms with Crippen molar-refractivity contribution in [2.24, 2.45) is 0 Å². The van der Waals surface area contributed by atoms with Gasteiger partial charge in [-0.3, -0.25) is 0 Å². The van der Waals surface area contributed by atoms with Gasteiger partial charge < -0.3 is 26.8 Å². The zero-order valence-electron chi connectivity index (χ0n) is 38.2. The van der Waals surface area contributed by atoms with Crippen LogP contribution in [0.15, 0.2) is 215 Å². The number of furan rings is 2. The lowest BCUT2D eigenvalue weighted by Gasteiger charge is -2.09. The Hall–Kier alpha value is -9.78. The maximum Gasteiger partial charge on any atom is 0.137 e. The van der Waals surface area contributed by atoms with Gasteiger partial charge in [-0.2, -0.15) is 0 Å². The molecule has 8 aromatic heterocycles. The molecule has 8 heterocycles. The Morgan fingerprint density at radius 3 is 1.08 bits per heavy atom. The fraction of sp³-hybridized carbons (Fsp3) is 0. The zero-order chi connectivity index (χ0) is 46.2. The average molecular weight is 915 g/mol. The van der Waals surface area contributed by atoms with E-state index in [9.17, 15) is 0 Å². The molecule has 6 nitrogen and oxygen atoms in total. The first kappa shape index (κ1) is 36.2. The summed E-state index contributed by atoms with van der Waals surface area (Å²) in [5.74, 6) is 0. The molecule has 0 saturated heterocycles. The fourth-order valence-electron chi connectivity index (χ4n) is 13.8. The molecule has 19 rings (SSSR count). The molecule has 0 N–H and O–H groups in total. The molecule has 6 heteroatoms. The molecular formula is C66H34N4O2. The van der Waals surface area contributed by atoms with Crippen LogP contribution < -0.4 is 0 Å². The van der Waals surface area contributed by atoms with Crippen LogP contribution in [-0.2, 0) is 0 Å². The van der Waals surface area contributed by atoms with E-state index in [2.05, 4.69) is 212 Å². The van der Waals surface area contributed by atoms with Gasteiger partial charge in [-0.1, -0.05) is 109 Å². The molecule has 0 aliphatic rings. The van der Waals surface area contributed by atoms with Gasteiger partial charge in [-0.15, -0.1) is 0 Å². The lowest BCUT2D eigenvalue weighted by molar-refractivity contribution is 0.668. The standard InChI is InChI=1S/C66H34N4O2/c1-7-19-49-37(13-1)45-32-55-61(43-17-3-9-21-51(43)67(55)35-25-27-41-39-15-5-11-23-57(39)71-59(41)29-35)63-47-31-48-54(34-53(47)69(49)65(45)63)70-50-20-8-2-14-38(50)46-33-56-62(64(48)66(46)70)44-18-4-10-22-52(44)68(56)36-26-28-42-40-16-6-12-24-58(40)72-60(42)30-36/h1-34H. The first-order valence-electron chi connectivity index (χ1n) is 24.7. The summed E-state index contributed by atoms with van der Waals surface area (Å²) in [6, 6.07) is 75.9. The molecule has 72 heavy (non-hydrogen) atoms. The second-order valence-electron chi connectivity index (χ2n) is 19.9. The summed E-state index contributed by atoms with van der Waals surface area (Å²) >= 11 is 0. The minimum Gasteiger partial charge on any atom is -0.456 e. The van der Waals surface area contributed by atoms with Gasteiger partial charge in [0.25, 0.3) is 0 Å². The number of hydrogen-bond acceptors (Lipinski definition) is 2. The van der Waals surface area contributed by atoms with Crippen molar-refractivity contribution in [1.82, 2.24) is 17.9 Å². The van der Waals surface area contributed by atoms with Crippen molar-refractivity contribution < 1.29 is 8.83 Å². The minimum absolute atomic E-state index is 0.885. The highest BCUT2D eigenvalue weighted by molar-refractivity contribution is 6.40. The number of aromatic nitrogens is 4. The molecule has 0 bridgehead atoms. The van der Waals surface area contributed by atoms with Crippen molar-refractivity contribution in [3.05, 3.63) is 206 Å². The summed E-state index contributed by atoms with van der Waals surface area (Å²) in [5.41, 5.74) is 17.8. The summed E-state index contributed by atoms with van der Waals surface area (Å²) in [6.45, 7) is 0. The molecule has 0 saturated carbocycles. The maximum atomic E-state index is 6.53. The largest absolute Gasteiger partial charge is 0.456 e.